The lowest BCUT2D eigenvalue weighted by Gasteiger charge is -2.15. The van der Waals surface area contributed by atoms with E-state index in [2.05, 4.69) is 10.1 Å². The number of anilines is 1. The minimum absolute atomic E-state index is 0.0186. The predicted molar refractivity (Wildman–Crippen MR) is 88.0 cm³/mol. The molecule has 0 aliphatic heterocycles. The maximum atomic E-state index is 13.7. The van der Waals surface area contributed by atoms with Crippen LogP contribution in [0.2, 0.25) is 0 Å². The van der Waals surface area contributed by atoms with Gasteiger partial charge >= 0.3 is 12.1 Å². The Labute approximate surface area is 149 Å². The van der Waals surface area contributed by atoms with Crippen LogP contribution < -0.4 is 5.73 Å². The highest BCUT2D eigenvalue weighted by atomic mass is 32.1. The fourth-order valence-electron chi connectivity index (χ4n) is 2.31. The smallest absolute Gasteiger partial charge is 0.399 e. The standard InChI is InChI=1S/C16H13F5N4S/c1-9-7-10(4-5-11(9)22)8-25-13(12-3-2-6-26-12)23-14(24-25)15(17,18)16(19,20)21/h2-7H,8,22H2,1H3. The van der Waals surface area contributed by atoms with E-state index in [0.29, 0.717) is 16.1 Å². The lowest BCUT2D eigenvalue weighted by Crippen LogP contribution is -2.35. The molecule has 0 spiro atoms. The highest BCUT2D eigenvalue weighted by Crippen LogP contribution is 2.43. The highest BCUT2D eigenvalue weighted by molar-refractivity contribution is 7.13. The van der Waals surface area contributed by atoms with Crippen molar-refractivity contribution in [3.8, 4) is 10.7 Å². The molecule has 2 N–H and O–H groups in total. The van der Waals surface area contributed by atoms with Gasteiger partial charge in [-0.1, -0.05) is 18.2 Å². The molecule has 4 nitrogen and oxygen atoms in total. The number of nitrogen functional groups attached to an aromatic ring is 1. The quantitative estimate of drug-likeness (QED) is 0.525. The Morgan fingerprint density at radius 3 is 2.46 bits per heavy atom. The van der Waals surface area contributed by atoms with Gasteiger partial charge in [0, 0.05) is 5.69 Å². The number of alkyl halides is 5. The van der Waals surface area contributed by atoms with Crippen molar-refractivity contribution < 1.29 is 22.0 Å². The molecule has 0 atom stereocenters. The second-order valence-electron chi connectivity index (χ2n) is 5.66. The van der Waals surface area contributed by atoms with E-state index in [1.54, 1.807) is 42.6 Å². The van der Waals surface area contributed by atoms with E-state index >= 15 is 0 Å². The average molecular weight is 388 g/mol. The van der Waals surface area contributed by atoms with E-state index in [1.807, 2.05) is 0 Å². The first-order valence-electron chi connectivity index (χ1n) is 7.38. The van der Waals surface area contributed by atoms with Crippen molar-refractivity contribution >= 4 is 17.0 Å². The number of aromatic nitrogens is 3. The Morgan fingerprint density at radius 1 is 1.15 bits per heavy atom. The summed E-state index contributed by atoms with van der Waals surface area (Å²) in [5.41, 5.74) is 7.71. The molecule has 10 heteroatoms. The van der Waals surface area contributed by atoms with Crippen LogP contribution in [0.1, 0.15) is 17.0 Å². The second-order valence-corrected chi connectivity index (χ2v) is 6.60. The summed E-state index contributed by atoms with van der Waals surface area (Å²) in [6, 6.07) is 8.24. The largest absolute Gasteiger partial charge is 0.461 e. The van der Waals surface area contributed by atoms with Crippen LogP contribution in [-0.2, 0) is 12.5 Å². The normalized spacial score (nSPS) is 12.5. The van der Waals surface area contributed by atoms with Crippen LogP contribution in [0, 0.1) is 6.92 Å². The topological polar surface area (TPSA) is 56.7 Å². The number of thiophene rings is 1. The van der Waals surface area contributed by atoms with Gasteiger partial charge in [-0.3, -0.25) is 0 Å². The van der Waals surface area contributed by atoms with Gasteiger partial charge in [-0.25, -0.2) is 9.67 Å². The Balaban J connectivity index is 2.07. The molecule has 2 heterocycles. The molecule has 0 fully saturated rings. The molecule has 3 rings (SSSR count). The zero-order chi connectivity index (χ0) is 19.1. The number of halogens is 5. The SMILES string of the molecule is Cc1cc(Cn2nc(C(F)(F)C(F)(F)F)nc2-c2cccs2)ccc1N. The molecule has 0 aliphatic rings. The van der Waals surface area contributed by atoms with Crippen molar-refractivity contribution in [2.45, 2.75) is 25.6 Å². The third-order valence-electron chi connectivity index (χ3n) is 3.72. The lowest BCUT2D eigenvalue weighted by atomic mass is 10.1. The van der Waals surface area contributed by atoms with Crippen molar-refractivity contribution in [1.82, 2.24) is 14.8 Å². The van der Waals surface area contributed by atoms with Crippen LogP contribution in [0.25, 0.3) is 10.7 Å². The van der Waals surface area contributed by atoms with E-state index in [1.165, 1.54) is 11.3 Å². The molecule has 2 aromatic heterocycles. The molecule has 138 valence electrons. The fourth-order valence-corrected chi connectivity index (χ4v) is 3.03. The van der Waals surface area contributed by atoms with Crippen molar-refractivity contribution in [3.05, 3.63) is 52.7 Å². The van der Waals surface area contributed by atoms with Gasteiger partial charge in [-0.05, 0) is 35.6 Å². The van der Waals surface area contributed by atoms with Crippen molar-refractivity contribution in [1.29, 1.82) is 0 Å². The Kier molecular flexibility index (Phi) is 4.47. The van der Waals surface area contributed by atoms with Crippen molar-refractivity contribution in [2.75, 3.05) is 5.73 Å². The molecular formula is C16H13F5N4S. The van der Waals surface area contributed by atoms with Crippen LogP contribution in [0.3, 0.4) is 0 Å². The van der Waals surface area contributed by atoms with Gasteiger partial charge in [0.25, 0.3) is 0 Å². The number of aryl methyl sites for hydroxylation is 1. The van der Waals surface area contributed by atoms with Gasteiger partial charge in [0.2, 0.25) is 5.82 Å². The summed E-state index contributed by atoms with van der Waals surface area (Å²) in [6.07, 6.45) is -5.77. The number of nitrogens with zero attached hydrogens (tertiary/aromatic N) is 3. The summed E-state index contributed by atoms with van der Waals surface area (Å²) in [4.78, 5) is 3.93. The van der Waals surface area contributed by atoms with Crippen molar-refractivity contribution in [2.24, 2.45) is 0 Å². The molecule has 3 aromatic rings. The van der Waals surface area contributed by atoms with Gasteiger partial charge in [0.15, 0.2) is 5.82 Å². The van der Waals surface area contributed by atoms with E-state index in [9.17, 15) is 22.0 Å². The first-order chi connectivity index (χ1) is 12.1. The maximum Gasteiger partial charge on any atom is 0.461 e. The molecule has 0 bridgehead atoms. The summed E-state index contributed by atoms with van der Waals surface area (Å²) >= 11 is 1.17. The third-order valence-corrected chi connectivity index (χ3v) is 4.58. The van der Waals surface area contributed by atoms with Gasteiger partial charge in [0.05, 0.1) is 11.4 Å². The molecule has 1 aromatic carbocycles. The highest BCUT2D eigenvalue weighted by Gasteiger charge is 2.62. The van der Waals surface area contributed by atoms with E-state index < -0.39 is 17.9 Å². The molecule has 0 radical (unpaired) electrons. The molecule has 0 aliphatic carbocycles. The molecule has 26 heavy (non-hydrogen) atoms. The van der Waals surface area contributed by atoms with Gasteiger partial charge in [0.1, 0.15) is 0 Å². The monoisotopic (exact) mass is 388 g/mol. The first kappa shape index (κ1) is 18.3. The average Bonchev–Trinajstić information content (AvgIpc) is 3.19. The zero-order valence-electron chi connectivity index (χ0n) is 13.4. The fraction of sp³-hybridized carbons (Fsp3) is 0.250. The minimum atomic E-state index is -5.77. The van der Waals surface area contributed by atoms with E-state index in [4.69, 9.17) is 5.73 Å². The van der Waals surface area contributed by atoms with Crippen LogP contribution in [0.15, 0.2) is 35.7 Å². The summed E-state index contributed by atoms with van der Waals surface area (Å²) in [5, 5.41) is 5.13. The molecule has 0 saturated carbocycles. The molecular weight excluding hydrogens is 375 g/mol. The minimum Gasteiger partial charge on any atom is -0.399 e. The molecule has 0 amide bonds. The first-order valence-corrected chi connectivity index (χ1v) is 8.26. The summed E-state index contributed by atoms with van der Waals surface area (Å²) in [6.45, 7) is 1.75. The number of rotatable bonds is 4. The molecule has 0 saturated heterocycles. The number of benzene rings is 1. The van der Waals surface area contributed by atoms with Crippen LogP contribution in [0.5, 0.6) is 0 Å². The van der Waals surface area contributed by atoms with Crippen LogP contribution in [-0.4, -0.2) is 20.9 Å². The van der Waals surface area contributed by atoms with E-state index in [-0.39, 0.29) is 12.4 Å². The summed E-state index contributed by atoms with van der Waals surface area (Å²) < 4.78 is 66.4. The predicted octanol–water partition coefficient (Wildman–Crippen LogP) is 4.60. The maximum absolute atomic E-state index is 13.7. The zero-order valence-corrected chi connectivity index (χ0v) is 14.2. The van der Waals surface area contributed by atoms with Gasteiger partial charge in [-0.15, -0.1) is 16.4 Å². The van der Waals surface area contributed by atoms with E-state index in [0.717, 1.165) is 10.2 Å². The molecule has 0 unspecified atom stereocenters. The summed E-state index contributed by atoms with van der Waals surface area (Å²) in [7, 11) is 0. The van der Waals surface area contributed by atoms with Crippen LogP contribution >= 0.6 is 11.3 Å². The van der Waals surface area contributed by atoms with Gasteiger partial charge in [-0.2, -0.15) is 22.0 Å². The summed E-state index contributed by atoms with van der Waals surface area (Å²) in [5.74, 6) is -6.75. The van der Waals surface area contributed by atoms with Gasteiger partial charge < -0.3 is 5.73 Å². The Morgan fingerprint density at radius 2 is 1.88 bits per heavy atom. The number of hydrogen-bond donors (Lipinski definition) is 1. The Hall–Kier alpha value is -2.49. The van der Waals surface area contributed by atoms with Crippen molar-refractivity contribution in [3.63, 3.8) is 0 Å². The number of nitrogens with two attached hydrogens (primary N) is 1. The second kappa shape index (κ2) is 6.35. The Bertz CT molecular complexity index is 915. The number of hydrogen-bond acceptors (Lipinski definition) is 4. The third kappa shape index (κ3) is 3.28. The van der Waals surface area contributed by atoms with Crippen LogP contribution in [0.4, 0.5) is 27.6 Å². The lowest BCUT2D eigenvalue weighted by molar-refractivity contribution is -0.292.